The molecule has 10 nitrogen and oxygen atoms in total. The van der Waals surface area contributed by atoms with Crippen molar-refractivity contribution in [3.8, 4) is 5.75 Å². The van der Waals surface area contributed by atoms with Crippen LogP contribution in [0.1, 0.15) is 57.4 Å². The Morgan fingerprint density at radius 1 is 0.800 bits per heavy atom. The maximum atomic E-state index is 12.2. The minimum Gasteiger partial charge on any atom is -0.494 e. The van der Waals surface area contributed by atoms with Crippen molar-refractivity contribution < 1.29 is 47.6 Å². The van der Waals surface area contributed by atoms with Crippen LogP contribution in [0.4, 0.5) is 0 Å². The van der Waals surface area contributed by atoms with E-state index in [0.717, 1.165) is 16.9 Å². The van der Waals surface area contributed by atoms with Crippen molar-refractivity contribution in [2.24, 2.45) is 0 Å². The topological polar surface area (TPSA) is 124 Å². The molecule has 0 N–H and O–H groups in total. The van der Waals surface area contributed by atoms with Crippen LogP contribution in [0.3, 0.4) is 0 Å². The van der Waals surface area contributed by atoms with E-state index in [1.807, 2.05) is 31.2 Å². The zero-order chi connectivity index (χ0) is 29.4. The molecule has 0 saturated carbocycles. The average molecular weight is 577 g/mol. The second-order valence-corrected chi connectivity index (χ2v) is 9.63. The van der Waals surface area contributed by atoms with E-state index in [1.54, 1.807) is 18.2 Å². The lowest BCUT2D eigenvalue weighted by Gasteiger charge is -2.44. The number of carbonyl (C=O) groups excluding carboxylic acids is 4. The Hall–Kier alpha value is -3.63. The van der Waals surface area contributed by atoms with Gasteiger partial charge in [0, 0.05) is 32.7 Å². The number of benzene rings is 2. The normalized spacial score (nSPS) is 22.1. The molecular formula is C29H33ClO10. The van der Waals surface area contributed by atoms with Gasteiger partial charge in [0.1, 0.15) is 24.6 Å². The number of halogens is 1. The molecule has 1 aliphatic heterocycles. The molecule has 2 aromatic rings. The van der Waals surface area contributed by atoms with Gasteiger partial charge in [0.05, 0.1) is 6.61 Å². The molecule has 40 heavy (non-hydrogen) atoms. The van der Waals surface area contributed by atoms with Crippen LogP contribution in [0.25, 0.3) is 0 Å². The number of ether oxygens (including phenoxy) is 6. The molecule has 0 aliphatic carbocycles. The molecule has 1 saturated heterocycles. The molecule has 1 fully saturated rings. The highest BCUT2D eigenvalue weighted by Crippen LogP contribution is 2.39. The number of hydrogen-bond donors (Lipinski definition) is 0. The van der Waals surface area contributed by atoms with Gasteiger partial charge in [0.25, 0.3) is 0 Å². The summed E-state index contributed by atoms with van der Waals surface area (Å²) >= 11 is 6.54. The van der Waals surface area contributed by atoms with E-state index < -0.39 is 54.4 Å². The van der Waals surface area contributed by atoms with Crippen LogP contribution in [-0.2, 0) is 49.3 Å². The molecule has 1 heterocycles. The summed E-state index contributed by atoms with van der Waals surface area (Å²) in [4.78, 5) is 47.8. The van der Waals surface area contributed by atoms with Crippen LogP contribution in [-0.4, -0.2) is 61.5 Å². The standard InChI is InChI=1S/C29H33ClO10/c1-6-35-23-10-7-20(8-11-23)13-22-14-21(9-12-24(22)30)26-28(38-18(4)33)29(39-19(5)34)27(37-17(3)32)25(40-26)15-36-16(2)31/h7-12,14,25-29H,6,13,15H2,1-5H3/t25-,26+,27-,28+,29+/m0/s1. The number of carbonyl (C=O) groups is 4. The first-order valence-corrected chi connectivity index (χ1v) is 13.2. The lowest BCUT2D eigenvalue weighted by Crippen LogP contribution is -2.59. The molecule has 3 rings (SSSR count). The Kier molecular flexibility index (Phi) is 10.9. The summed E-state index contributed by atoms with van der Waals surface area (Å²) < 4.78 is 33.5. The van der Waals surface area contributed by atoms with Gasteiger partial charge in [-0.25, -0.2) is 0 Å². The largest absolute Gasteiger partial charge is 0.494 e. The second-order valence-electron chi connectivity index (χ2n) is 9.22. The quantitative estimate of drug-likeness (QED) is 0.301. The summed E-state index contributed by atoms with van der Waals surface area (Å²) in [6.07, 6.45) is -5.23. The first-order chi connectivity index (χ1) is 19.0. The lowest BCUT2D eigenvalue weighted by atomic mass is 9.89. The summed E-state index contributed by atoms with van der Waals surface area (Å²) in [5.41, 5.74) is 2.29. The third kappa shape index (κ3) is 8.43. The summed E-state index contributed by atoms with van der Waals surface area (Å²) in [5, 5.41) is 0.503. The van der Waals surface area contributed by atoms with Gasteiger partial charge in [-0.3, -0.25) is 19.2 Å². The minimum absolute atomic E-state index is 0.305. The Labute approximate surface area is 237 Å². The molecule has 0 aromatic heterocycles. The predicted molar refractivity (Wildman–Crippen MR) is 143 cm³/mol. The molecule has 0 bridgehead atoms. The van der Waals surface area contributed by atoms with Gasteiger partial charge in [0.15, 0.2) is 18.3 Å². The van der Waals surface area contributed by atoms with E-state index in [2.05, 4.69) is 0 Å². The highest BCUT2D eigenvalue weighted by atomic mass is 35.5. The van der Waals surface area contributed by atoms with Crippen LogP contribution in [0.5, 0.6) is 5.75 Å². The molecule has 0 amide bonds. The van der Waals surface area contributed by atoms with Crippen LogP contribution in [0.2, 0.25) is 5.02 Å². The Balaban J connectivity index is 2.03. The van der Waals surface area contributed by atoms with Crippen LogP contribution in [0, 0.1) is 0 Å². The summed E-state index contributed by atoms with van der Waals surface area (Å²) in [6.45, 7) is 6.94. The number of esters is 4. The van der Waals surface area contributed by atoms with E-state index in [9.17, 15) is 19.2 Å². The molecule has 11 heteroatoms. The van der Waals surface area contributed by atoms with E-state index >= 15 is 0 Å². The van der Waals surface area contributed by atoms with Crippen molar-refractivity contribution in [1.29, 1.82) is 0 Å². The van der Waals surface area contributed by atoms with Crippen molar-refractivity contribution in [1.82, 2.24) is 0 Å². The third-order valence-electron chi connectivity index (χ3n) is 6.02. The SMILES string of the molecule is CCOc1ccc(Cc2cc([C@H]3O[C@@H](COC(C)=O)[C@H](OC(C)=O)[C@@H](OC(C)=O)[C@@H]3OC(C)=O)ccc2Cl)cc1. The zero-order valence-electron chi connectivity index (χ0n) is 23.0. The highest BCUT2D eigenvalue weighted by Gasteiger charge is 2.52. The Bertz CT molecular complexity index is 1210. The summed E-state index contributed by atoms with van der Waals surface area (Å²) in [7, 11) is 0. The molecule has 1 aliphatic rings. The fraction of sp³-hybridized carbons (Fsp3) is 0.448. The lowest BCUT2D eigenvalue weighted by molar-refractivity contribution is -0.254. The van der Waals surface area contributed by atoms with E-state index in [-0.39, 0.29) is 6.61 Å². The molecular weight excluding hydrogens is 544 g/mol. The first-order valence-electron chi connectivity index (χ1n) is 12.8. The van der Waals surface area contributed by atoms with Gasteiger partial charge in [0.2, 0.25) is 0 Å². The third-order valence-corrected chi connectivity index (χ3v) is 6.39. The van der Waals surface area contributed by atoms with Crippen molar-refractivity contribution in [2.45, 2.75) is 71.6 Å². The summed E-state index contributed by atoms with van der Waals surface area (Å²) in [6, 6.07) is 12.8. The fourth-order valence-electron chi connectivity index (χ4n) is 4.49. The molecule has 216 valence electrons. The van der Waals surface area contributed by atoms with Gasteiger partial charge in [-0.1, -0.05) is 35.9 Å². The van der Waals surface area contributed by atoms with Gasteiger partial charge in [-0.15, -0.1) is 0 Å². The minimum atomic E-state index is -1.25. The molecule has 0 radical (unpaired) electrons. The van der Waals surface area contributed by atoms with E-state index in [1.165, 1.54) is 27.7 Å². The predicted octanol–water partition coefficient (Wildman–Crippen LogP) is 4.13. The Morgan fingerprint density at radius 2 is 1.40 bits per heavy atom. The number of rotatable bonds is 10. The average Bonchev–Trinajstić information content (AvgIpc) is 2.87. The second kappa shape index (κ2) is 14.1. The smallest absolute Gasteiger partial charge is 0.303 e. The monoisotopic (exact) mass is 576 g/mol. The van der Waals surface area contributed by atoms with Gasteiger partial charge >= 0.3 is 23.9 Å². The van der Waals surface area contributed by atoms with Gasteiger partial charge in [-0.05, 0) is 48.2 Å². The maximum Gasteiger partial charge on any atom is 0.303 e. The summed E-state index contributed by atoms with van der Waals surface area (Å²) in [5.74, 6) is -1.89. The highest BCUT2D eigenvalue weighted by molar-refractivity contribution is 6.31. The molecule has 2 aromatic carbocycles. The van der Waals surface area contributed by atoms with Gasteiger partial charge in [-0.2, -0.15) is 0 Å². The zero-order valence-corrected chi connectivity index (χ0v) is 23.8. The van der Waals surface area contributed by atoms with E-state index in [4.69, 9.17) is 40.0 Å². The van der Waals surface area contributed by atoms with Crippen molar-refractivity contribution in [3.63, 3.8) is 0 Å². The molecule has 5 atom stereocenters. The number of hydrogen-bond acceptors (Lipinski definition) is 10. The van der Waals surface area contributed by atoms with Crippen LogP contribution in [0.15, 0.2) is 42.5 Å². The van der Waals surface area contributed by atoms with Crippen molar-refractivity contribution in [2.75, 3.05) is 13.2 Å². The maximum absolute atomic E-state index is 12.2. The fourth-order valence-corrected chi connectivity index (χ4v) is 4.68. The van der Waals surface area contributed by atoms with Crippen LogP contribution < -0.4 is 4.74 Å². The molecule has 0 unspecified atom stereocenters. The van der Waals surface area contributed by atoms with Crippen molar-refractivity contribution in [3.05, 3.63) is 64.2 Å². The molecule has 0 spiro atoms. The van der Waals surface area contributed by atoms with Crippen molar-refractivity contribution >= 4 is 35.5 Å². The van der Waals surface area contributed by atoms with E-state index in [0.29, 0.717) is 23.6 Å². The Morgan fingerprint density at radius 3 is 1.98 bits per heavy atom. The van der Waals surface area contributed by atoms with Gasteiger partial charge < -0.3 is 28.4 Å². The first kappa shape index (κ1) is 30.9. The van der Waals surface area contributed by atoms with Crippen LogP contribution >= 0.6 is 11.6 Å².